The zero-order valence-electron chi connectivity index (χ0n) is 8.36. The second-order valence-corrected chi connectivity index (χ2v) is 3.21. The Morgan fingerprint density at radius 2 is 1.81 bits per heavy atom. The molecule has 0 heterocycles. The third kappa shape index (κ3) is 2.71. The second kappa shape index (κ2) is 4.51. The van der Waals surface area contributed by atoms with Gasteiger partial charge in [0.1, 0.15) is 11.6 Å². The van der Waals surface area contributed by atoms with Crippen LogP contribution in [0, 0.1) is 11.6 Å². The molecule has 6 heteroatoms. The van der Waals surface area contributed by atoms with Crippen molar-refractivity contribution in [2.75, 3.05) is 6.54 Å². The molecule has 88 valence electrons. The van der Waals surface area contributed by atoms with E-state index < -0.39 is 35.6 Å². The topological polar surface area (TPSA) is 29.1 Å². The second-order valence-electron chi connectivity index (χ2n) is 3.21. The van der Waals surface area contributed by atoms with Gasteiger partial charge in [-0.05, 0) is 12.1 Å². The quantitative estimate of drug-likeness (QED) is 0.799. The number of carbonyl (C=O) groups is 1. The van der Waals surface area contributed by atoms with Crippen LogP contribution >= 0.6 is 0 Å². The zero-order chi connectivity index (χ0) is 12.3. The minimum absolute atomic E-state index is 0.698. The maximum Gasteiger partial charge on any atom is 0.295 e. The molecule has 0 saturated heterocycles. The molecule has 1 rings (SSSR count). The van der Waals surface area contributed by atoms with Crippen LogP contribution < -0.4 is 5.32 Å². The molecule has 0 saturated carbocycles. The fraction of sp³-hybridized carbons (Fsp3) is 0.300. The number of benzene rings is 1. The molecule has 0 fully saturated rings. The lowest BCUT2D eigenvalue weighted by Gasteiger charge is -2.18. The van der Waals surface area contributed by atoms with E-state index >= 15 is 0 Å². The molecular formula is C10H9F4NO. The predicted molar refractivity (Wildman–Crippen MR) is 48.9 cm³/mol. The summed E-state index contributed by atoms with van der Waals surface area (Å²) < 4.78 is 52.8. The molecule has 16 heavy (non-hydrogen) atoms. The molecule has 2 nitrogen and oxygen atoms in total. The van der Waals surface area contributed by atoms with Gasteiger partial charge < -0.3 is 5.32 Å². The Morgan fingerprint density at radius 1 is 1.31 bits per heavy atom. The van der Waals surface area contributed by atoms with E-state index in [9.17, 15) is 22.4 Å². The Bertz CT molecular complexity index is 386. The van der Waals surface area contributed by atoms with Crippen LogP contribution in [0.3, 0.4) is 0 Å². The monoisotopic (exact) mass is 235 g/mol. The van der Waals surface area contributed by atoms with Gasteiger partial charge in [0, 0.05) is 6.92 Å². The highest BCUT2D eigenvalue weighted by atomic mass is 19.3. The summed E-state index contributed by atoms with van der Waals surface area (Å²) in [5, 5.41) is 1.82. The van der Waals surface area contributed by atoms with Crippen LogP contribution in [0.15, 0.2) is 18.2 Å². The molecular weight excluding hydrogens is 226 g/mol. The van der Waals surface area contributed by atoms with Gasteiger partial charge >= 0.3 is 0 Å². The van der Waals surface area contributed by atoms with Crippen LogP contribution in [-0.2, 0) is 10.7 Å². The summed E-state index contributed by atoms with van der Waals surface area (Å²) in [5.41, 5.74) is -1.33. The summed E-state index contributed by atoms with van der Waals surface area (Å²) in [5.74, 6) is -7.15. The highest BCUT2D eigenvalue weighted by Gasteiger charge is 2.37. The first-order valence-corrected chi connectivity index (χ1v) is 4.41. The van der Waals surface area contributed by atoms with Gasteiger partial charge in [-0.25, -0.2) is 8.78 Å². The molecule has 1 amide bonds. The highest BCUT2D eigenvalue weighted by molar-refractivity contribution is 5.72. The highest BCUT2D eigenvalue weighted by Crippen LogP contribution is 2.31. The number of halogens is 4. The number of rotatable bonds is 3. The first-order valence-electron chi connectivity index (χ1n) is 4.41. The summed E-state index contributed by atoms with van der Waals surface area (Å²) in [4.78, 5) is 10.5. The molecule has 0 aliphatic heterocycles. The third-order valence-corrected chi connectivity index (χ3v) is 1.89. The molecule has 0 bridgehead atoms. The maximum atomic E-state index is 13.3. The Hall–Kier alpha value is -1.59. The van der Waals surface area contributed by atoms with E-state index in [0.717, 1.165) is 25.1 Å². The van der Waals surface area contributed by atoms with Crippen LogP contribution in [0.25, 0.3) is 0 Å². The van der Waals surface area contributed by atoms with E-state index in [-0.39, 0.29) is 0 Å². The number of alkyl halides is 2. The zero-order valence-corrected chi connectivity index (χ0v) is 8.36. The third-order valence-electron chi connectivity index (χ3n) is 1.89. The Morgan fingerprint density at radius 3 is 2.25 bits per heavy atom. The number of nitrogens with one attached hydrogen (secondary N) is 1. The van der Waals surface area contributed by atoms with Crippen LogP contribution in [0.2, 0.25) is 0 Å². The molecule has 1 aromatic carbocycles. The van der Waals surface area contributed by atoms with Gasteiger partial charge in [-0.2, -0.15) is 8.78 Å². The summed E-state index contributed by atoms with van der Waals surface area (Å²) in [6, 6.07) is 2.46. The van der Waals surface area contributed by atoms with Gasteiger partial charge in [-0.1, -0.05) is 6.07 Å². The van der Waals surface area contributed by atoms with E-state index in [2.05, 4.69) is 0 Å². The van der Waals surface area contributed by atoms with E-state index in [1.165, 1.54) is 0 Å². The SMILES string of the molecule is CC(=O)NCC(F)(F)c1c(F)cccc1F. The molecule has 0 unspecified atom stereocenters. The minimum Gasteiger partial charge on any atom is -0.350 e. The lowest BCUT2D eigenvalue weighted by atomic mass is 10.1. The molecule has 1 aromatic rings. The van der Waals surface area contributed by atoms with E-state index in [0.29, 0.717) is 0 Å². The smallest absolute Gasteiger partial charge is 0.295 e. The minimum atomic E-state index is -3.78. The standard InChI is InChI=1S/C10H9F4NO/c1-6(16)15-5-10(13,14)9-7(11)3-2-4-8(9)12/h2-4H,5H2,1H3,(H,15,16). The molecule has 0 atom stereocenters. The Labute approximate surface area is 89.3 Å². The lowest BCUT2D eigenvalue weighted by Crippen LogP contribution is -2.34. The summed E-state index contributed by atoms with van der Waals surface area (Å²) in [6.45, 7) is -0.103. The number of hydrogen-bond donors (Lipinski definition) is 1. The predicted octanol–water partition coefficient (Wildman–Crippen LogP) is 2.19. The summed E-state index contributed by atoms with van der Waals surface area (Å²) in [6.07, 6.45) is 0. The fourth-order valence-electron chi connectivity index (χ4n) is 1.17. The lowest BCUT2D eigenvalue weighted by molar-refractivity contribution is -0.121. The summed E-state index contributed by atoms with van der Waals surface area (Å²) >= 11 is 0. The van der Waals surface area contributed by atoms with Crippen molar-refractivity contribution in [1.82, 2.24) is 5.32 Å². The summed E-state index contributed by atoms with van der Waals surface area (Å²) in [7, 11) is 0. The van der Waals surface area contributed by atoms with Crippen molar-refractivity contribution < 1.29 is 22.4 Å². The van der Waals surface area contributed by atoms with E-state index in [4.69, 9.17) is 0 Å². The van der Waals surface area contributed by atoms with E-state index in [1.807, 2.05) is 5.32 Å². The van der Waals surface area contributed by atoms with Gasteiger partial charge in [-0.15, -0.1) is 0 Å². The van der Waals surface area contributed by atoms with Crippen molar-refractivity contribution >= 4 is 5.91 Å². The van der Waals surface area contributed by atoms with Crippen LogP contribution in [0.1, 0.15) is 12.5 Å². The first-order chi connectivity index (χ1) is 7.34. The van der Waals surface area contributed by atoms with E-state index in [1.54, 1.807) is 0 Å². The van der Waals surface area contributed by atoms with Crippen molar-refractivity contribution in [2.45, 2.75) is 12.8 Å². The van der Waals surface area contributed by atoms with Crippen molar-refractivity contribution in [1.29, 1.82) is 0 Å². The average molecular weight is 235 g/mol. The Balaban J connectivity index is 3.01. The molecule has 0 radical (unpaired) electrons. The van der Waals surface area contributed by atoms with Crippen LogP contribution in [-0.4, -0.2) is 12.5 Å². The first kappa shape index (κ1) is 12.5. The van der Waals surface area contributed by atoms with Crippen LogP contribution in [0.5, 0.6) is 0 Å². The van der Waals surface area contributed by atoms with Gasteiger partial charge in [0.05, 0.1) is 12.1 Å². The molecule has 0 aliphatic rings. The molecule has 0 aliphatic carbocycles. The van der Waals surface area contributed by atoms with Gasteiger partial charge in [0.2, 0.25) is 5.91 Å². The fourth-order valence-corrected chi connectivity index (χ4v) is 1.17. The van der Waals surface area contributed by atoms with Gasteiger partial charge in [0.25, 0.3) is 5.92 Å². The number of amides is 1. The molecule has 1 N–H and O–H groups in total. The van der Waals surface area contributed by atoms with Crippen molar-refractivity contribution in [3.8, 4) is 0 Å². The van der Waals surface area contributed by atoms with Crippen molar-refractivity contribution in [3.63, 3.8) is 0 Å². The Kier molecular flexibility index (Phi) is 3.51. The number of carbonyl (C=O) groups excluding carboxylic acids is 1. The van der Waals surface area contributed by atoms with Crippen molar-refractivity contribution in [3.05, 3.63) is 35.4 Å². The normalized spacial score (nSPS) is 11.3. The molecule has 0 spiro atoms. The molecule has 0 aromatic heterocycles. The van der Waals surface area contributed by atoms with Crippen molar-refractivity contribution in [2.24, 2.45) is 0 Å². The van der Waals surface area contributed by atoms with Gasteiger partial charge in [-0.3, -0.25) is 4.79 Å². The van der Waals surface area contributed by atoms with Crippen LogP contribution in [0.4, 0.5) is 17.6 Å². The average Bonchev–Trinajstić information content (AvgIpc) is 2.14. The maximum absolute atomic E-state index is 13.3. The number of hydrogen-bond acceptors (Lipinski definition) is 1. The largest absolute Gasteiger partial charge is 0.350 e. The van der Waals surface area contributed by atoms with Gasteiger partial charge in [0.15, 0.2) is 0 Å².